The molecule has 1 aromatic carbocycles. The van der Waals surface area contributed by atoms with Crippen LogP contribution in [0.25, 0.3) is 0 Å². The molecule has 1 atom stereocenters. The van der Waals surface area contributed by atoms with E-state index in [1.165, 1.54) is 0 Å². The molecule has 3 N–H and O–H groups in total. The molecule has 0 radical (unpaired) electrons. The average molecular weight is 256 g/mol. The van der Waals surface area contributed by atoms with Crippen LogP contribution < -0.4 is 5.73 Å². The topological polar surface area (TPSA) is 92.8 Å². The van der Waals surface area contributed by atoms with E-state index in [2.05, 4.69) is 5.16 Å². The molecule has 94 valence electrons. The summed E-state index contributed by atoms with van der Waals surface area (Å²) >= 11 is 0. The number of oxime groups is 1. The molecule has 1 rings (SSSR count). The summed E-state index contributed by atoms with van der Waals surface area (Å²) < 4.78 is 23.2. The van der Waals surface area contributed by atoms with Gasteiger partial charge >= 0.3 is 0 Å². The molecule has 6 heteroatoms. The second-order valence-corrected chi connectivity index (χ2v) is 6.06. The fourth-order valence-electron chi connectivity index (χ4n) is 1.66. The summed E-state index contributed by atoms with van der Waals surface area (Å²) in [7, 11) is -3.31. The zero-order valence-corrected chi connectivity index (χ0v) is 10.6. The highest BCUT2D eigenvalue weighted by Crippen LogP contribution is 2.15. The second kappa shape index (κ2) is 5.18. The summed E-state index contributed by atoms with van der Waals surface area (Å²) in [4.78, 5) is 0. The van der Waals surface area contributed by atoms with Crippen molar-refractivity contribution in [3.63, 3.8) is 0 Å². The van der Waals surface area contributed by atoms with Gasteiger partial charge in [0.05, 0.1) is 0 Å². The first-order valence-corrected chi connectivity index (χ1v) is 7.12. The first kappa shape index (κ1) is 13.5. The number of hydrogen-bond acceptors (Lipinski definition) is 5. The van der Waals surface area contributed by atoms with E-state index < -0.39 is 15.1 Å². The molecule has 0 amide bonds. The van der Waals surface area contributed by atoms with Gasteiger partial charge < -0.3 is 10.9 Å². The van der Waals surface area contributed by atoms with Crippen LogP contribution in [-0.4, -0.2) is 30.8 Å². The molecule has 5 nitrogen and oxygen atoms in total. The Balaban J connectivity index is 3.20. The SMILES string of the molecule is CC[C@H](/C(=N\O)c1ccc(N)cc1)S(C)(=O)=O. The fourth-order valence-corrected chi connectivity index (χ4v) is 2.86. The number of anilines is 1. The zero-order chi connectivity index (χ0) is 13.1. The summed E-state index contributed by atoms with van der Waals surface area (Å²) in [5, 5.41) is 11.3. The van der Waals surface area contributed by atoms with E-state index in [4.69, 9.17) is 10.9 Å². The molecule has 0 saturated heterocycles. The number of sulfone groups is 1. The van der Waals surface area contributed by atoms with Gasteiger partial charge in [0.1, 0.15) is 11.0 Å². The van der Waals surface area contributed by atoms with E-state index in [-0.39, 0.29) is 5.71 Å². The number of nitrogen functional groups attached to an aromatic ring is 1. The third kappa shape index (κ3) is 3.20. The molecule has 0 aliphatic heterocycles. The number of nitrogens with two attached hydrogens (primary N) is 1. The summed E-state index contributed by atoms with van der Waals surface area (Å²) in [6, 6.07) is 6.54. The minimum absolute atomic E-state index is 0.148. The largest absolute Gasteiger partial charge is 0.411 e. The van der Waals surface area contributed by atoms with E-state index in [1.54, 1.807) is 31.2 Å². The smallest absolute Gasteiger partial charge is 0.156 e. The Bertz CT molecular complexity index is 506. The van der Waals surface area contributed by atoms with Crippen LogP contribution in [0.2, 0.25) is 0 Å². The second-order valence-electron chi connectivity index (χ2n) is 3.83. The number of nitrogens with zero attached hydrogens (tertiary/aromatic N) is 1. The van der Waals surface area contributed by atoms with Crippen LogP contribution in [-0.2, 0) is 9.84 Å². The van der Waals surface area contributed by atoms with E-state index in [9.17, 15) is 8.42 Å². The van der Waals surface area contributed by atoms with Gasteiger partial charge in [-0.15, -0.1) is 0 Å². The molecule has 0 aliphatic carbocycles. The third-order valence-electron chi connectivity index (χ3n) is 2.51. The van der Waals surface area contributed by atoms with Gasteiger partial charge in [0.25, 0.3) is 0 Å². The predicted molar refractivity (Wildman–Crippen MR) is 68.1 cm³/mol. The van der Waals surface area contributed by atoms with Crippen LogP contribution >= 0.6 is 0 Å². The molecule has 0 aliphatic rings. The lowest BCUT2D eigenvalue weighted by Gasteiger charge is -2.14. The number of hydrogen-bond donors (Lipinski definition) is 2. The lowest BCUT2D eigenvalue weighted by atomic mass is 10.1. The monoisotopic (exact) mass is 256 g/mol. The molecule has 0 spiro atoms. The van der Waals surface area contributed by atoms with Gasteiger partial charge in [-0.2, -0.15) is 0 Å². The maximum Gasteiger partial charge on any atom is 0.156 e. The lowest BCUT2D eigenvalue weighted by Crippen LogP contribution is -2.29. The molecule has 0 unspecified atom stereocenters. The van der Waals surface area contributed by atoms with Crippen molar-refractivity contribution in [2.75, 3.05) is 12.0 Å². The van der Waals surface area contributed by atoms with Gasteiger partial charge in [0.15, 0.2) is 9.84 Å². The third-order valence-corrected chi connectivity index (χ3v) is 4.10. The maximum absolute atomic E-state index is 11.6. The van der Waals surface area contributed by atoms with Crippen molar-refractivity contribution in [2.24, 2.45) is 5.16 Å². The van der Waals surface area contributed by atoms with Gasteiger partial charge in [0, 0.05) is 17.5 Å². The Labute approximate surface area is 101 Å². The highest BCUT2D eigenvalue weighted by Gasteiger charge is 2.26. The number of rotatable bonds is 4. The molecular formula is C11H16N2O3S. The molecule has 0 fully saturated rings. The van der Waals surface area contributed by atoms with Crippen molar-refractivity contribution in [2.45, 2.75) is 18.6 Å². The summed E-state index contributed by atoms with van der Waals surface area (Å²) in [6.07, 6.45) is 1.48. The Hall–Kier alpha value is -1.56. The van der Waals surface area contributed by atoms with Crippen LogP contribution in [0.4, 0.5) is 5.69 Å². The van der Waals surface area contributed by atoms with E-state index >= 15 is 0 Å². The molecule has 17 heavy (non-hydrogen) atoms. The maximum atomic E-state index is 11.6. The van der Waals surface area contributed by atoms with Crippen LogP contribution in [0.1, 0.15) is 18.9 Å². The summed E-state index contributed by atoms with van der Waals surface area (Å²) in [5.41, 5.74) is 6.81. The van der Waals surface area contributed by atoms with E-state index in [1.807, 2.05) is 0 Å². The first-order chi connectivity index (χ1) is 7.90. The Morgan fingerprint density at radius 3 is 2.29 bits per heavy atom. The Morgan fingerprint density at radius 1 is 1.41 bits per heavy atom. The highest BCUT2D eigenvalue weighted by atomic mass is 32.2. The Kier molecular flexibility index (Phi) is 4.11. The van der Waals surface area contributed by atoms with Crippen molar-refractivity contribution in [1.29, 1.82) is 0 Å². The molecule has 0 aromatic heterocycles. The van der Waals surface area contributed by atoms with Crippen molar-refractivity contribution in [3.05, 3.63) is 29.8 Å². The predicted octanol–water partition coefficient (Wildman–Crippen LogP) is 1.27. The van der Waals surface area contributed by atoms with Crippen molar-refractivity contribution < 1.29 is 13.6 Å². The van der Waals surface area contributed by atoms with Crippen LogP contribution in [0.5, 0.6) is 0 Å². The van der Waals surface area contributed by atoms with Gasteiger partial charge in [-0.05, 0) is 18.6 Å². The van der Waals surface area contributed by atoms with Crippen molar-refractivity contribution in [1.82, 2.24) is 0 Å². The van der Waals surface area contributed by atoms with E-state index in [0.29, 0.717) is 17.7 Å². The summed E-state index contributed by atoms with van der Waals surface area (Å²) in [5.74, 6) is 0. The Morgan fingerprint density at radius 2 is 1.94 bits per heavy atom. The van der Waals surface area contributed by atoms with Crippen LogP contribution in [0, 0.1) is 0 Å². The molecular weight excluding hydrogens is 240 g/mol. The molecule has 0 heterocycles. The minimum atomic E-state index is -3.31. The fraction of sp³-hybridized carbons (Fsp3) is 0.364. The van der Waals surface area contributed by atoms with E-state index in [0.717, 1.165) is 6.26 Å². The van der Waals surface area contributed by atoms with Gasteiger partial charge in [-0.3, -0.25) is 0 Å². The minimum Gasteiger partial charge on any atom is -0.411 e. The molecule has 1 aromatic rings. The molecule has 0 saturated carbocycles. The zero-order valence-electron chi connectivity index (χ0n) is 9.79. The number of benzene rings is 1. The van der Waals surface area contributed by atoms with Crippen LogP contribution in [0.15, 0.2) is 29.4 Å². The van der Waals surface area contributed by atoms with Gasteiger partial charge in [-0.1, -0.05) is 24.2 Å². The standard InChI is InChI=1S/C11H16N2O3S/c1-3-10(17(2,15)16)11(13-14)8-4-6-9(12)7-5-8/h4-7,10,14H,3,12H2,1-2H3/b13-11-/t10-/m1/s1. The molecule has 0 bridgehead atoms. The van der Waals surface area contributed by atoms with Crippen molar-refractivity contribution in [3.8, 4) is 0 Å². The first-order valence-electron chi connectivity index (χ1n) is 5.16. The summed E-state index contributed by atoms with van der Waals surface area (Å²) in [6.45, 7) is 1.73. The average Bonchev–Trinajstić information content (AvgIpc) is 2.25. The lowest BCUT2D eigenvalue weighted by molar-refractivity contribution is 0.318. The van der Waals surface area contributed by atoms with Gasteiger partial charge in [0.2, 0.25) is 0 Å². The van der Waals surface area contributed by atoms with Gasteiger partial charge in [-0.25, -0.2) is 8.42 Å². The van der Waals surface area contributed by atoms with Crippen LogP contribution in [0.3, 0.4) is 0 Å². The van der Waals surface area contributed by atoms with Crippen molar-refractivity contribution >= 4 is 21.2 Å². The normalized spacial score (nSPS) is 14.6. The highest BCUT2D eigenvalue weighted by molar-refractivity contribution is 7.92. The quantitative estimate of drug-likeness (QED) is 0.367.